The Morgan fingerprint density at radius 1 is 0.900 bits per heavy atom. The summed E-state index contributed by atoms with van der Waals surface area (Å²) >= 11 is 0. The zero-order valence-corrected chi connectivity index (χ0v) is 12.9. The van der Waals surface area contributed by atoms with Gasteiger partial charge in [0.15, 0.2) is 0 Å². The van der Waals surface area contributed by atoms with E-state index in [1.165, 1.54) is 32.1 Å². The number of rotatable bonds is 7. The van der Waals surface area contributed by atoms with Crippen molar-refractivity contribution in [2.45, 2.75) is 65.7 Å². The molecule has 108 valence electrons. The number of dihydropyridines is 1. The van der Waals surface area contributed by atoms with E-state index >= 15 is 0 Å². The largest absolute Gasteiger partial charge is 0.361 e. The van der Waals surface area contributed by atoms with Gasteiger partial charge in [0.25, 0.3) is 0 Å². The Morgan fingerprint density at radius 3 is 1.90 bits per heavy atom. The summed E-state index contributed by atoms with van der Waals surface area (Å²) in [5, 5.41) is 21.8. The first-order chi connectivity index (χ1) is 9.65. The van der Waals surface area contributed by atoms with E-state index in [0.29, 0.717) is 0 Å². The summed E-state index contributed by atoms with van der Waals surface area (Å²) in [4.78, 5) is 0. The minimum absolute atomic E-state index is 0.00238. The van der Waals surface area contributed by atoms with E-state index in [4.69, 9.17) is 0 Å². The predicted octanol–water partition coefficient (Wildman–Crippen LogP) is 4.55. The first-order valence-electron chi connectivity index (χ1n) is 7.64. The standard InChI is InChI=1S/C17H25N3/c1-4-5-6-7-8-9-10-15-16(11-18)13(2)20-14(3)17(15)12-19/h15,20H,4-10H2,1-3H3. The average Bonchev–Trinajstić information content (AvgIpc) is 2.42. The third kappa shape index (κ3) is 4.14. The molecule has 0 aromatic rings. The van der Waals surface area contributed by atoms with Gasteiger partial charge in [0, 0.05) is 17.3 Å². The molecule has 0 unspecified atom stereocenters. The van der Waals surface area contributed by atoms with E-state index in [0.717, 1.165) is 35.4 Å². The van der Waals surface area contributed by atoms with Crippen molar-refractivity contribution in [3.63, 3.8) is 0 Å². The summed E-state index contributed by atoms with van der Waals surface area (Å²) < 4.78 is 0. The van der Waals surface area contributed by atoms with Crippen LogP contribution in [0.1, 0.15) is 65.7 Å². The van der Waals surface area contributed by atoms with E-state index < -0.39 is 0 Å². The quantitative estimate of drug-likeness (QED) is 0.691. The van der Waals surface area contributed by atoms with Crippen LogP contribution in [-0.4, -0.2) is 0 Å². The SMILES string of the molecule is CCCCCCCCC1C(C#N)=C(C)NC(C)=C1C#N. The molecule has 0 spiro atoms. The molecule has 0 bridgehead atoms. The molecule has 1 aliphatic rings. The Balaban J connectivity index is 2.62. The second kappa shape index (κ2) is 8.43. The number of nitrogens with one attached hydrogen (secondary N) is 1. The predicted molar refractivity (Wildman–Crippen MR) is 81.2 cm³/mol. The van der Waals surface area contributed by atoms with E-state index in [2.05, 4.69) is 24.4 Å². The lowest BCUT2D eigenvalue weighted by Gasteiger charge is -2.25. The van der Waals surface area contributed by atoms with E-state index in [-0.39, 0.29) is 5.92 Å². The maximum Gasteiger partial charge on any atom is 0.0972 e. The van der Waals surface area contributed by atoms with Crippen molar-refractivity contribution in [1.29, 1.82) is 10.5 Å². The van der Waals surface area contributed by atoms with Crippen molar-refractivity contribution in [3.8, 4) is 12.1 Å². The number of hydrogen-bond donors (Lipinski definition) is 1. The molecule has 0 aromatic heterocycles. The van der Waals surface area contributed by atoms with Gasteiger partial charge >= 0.3 is 0 Å². The molecule has 0 aliphatic carbocycles. The molecule has 20 heavy (non-hydrogen) atoms. The Bertz CT molecular complexity index is 435. The summed E-state index contributed by atoms with van der Waals surface area (Å²) in [7, 11) is 0. The highest BCUT2D eigenvalue weighted by atomic mass is 14.9. The first-order valence-corrected chi connectivity index (χ1v) is 7.64. The van der Waals surface area contributed by atoms with Crippen LogP contribution in [0.25, 0.3) is 0 Å². The second-order valence-electron chi connectivity index (χ2n) is 5.53. The maximum absolute atomic E-state index is 9.32. The zero-order chi connectivity index (χ0) is 15.0. The third-order valence-electron chi connectivity index (χ3n) is 3.97. The highest BCUT2D eigenvalue weighted by Crippen LogP contribution is 2.32. The van der Waals surface area contributed by atoms with Crippen molar-refractivity contribution in [3.05, 3.63) is 22.5 Å². The molecule has 1 aliphatic heterocycles. The second-order valence-corrected chi connectivity index (χ2v) is 5.53. The molecule has 0 radical (unpaired) electrons. The molecule has 1 rings (SSSR count). The Morgan fingerprint density at radius 2 is 1.40 bits per heavy atom. The third-order valence-corrected chi connectivity index (χ3v) is 3.97. The minimum atomic E-state index is -0.00238. The number of nitrogens with zero attached hydrogens (tertiary/aromatic N) is 2. The molecule has 1 heterocycles. The van der Waals surface area contributed by atoms with Gasteiger partial charge in [-0.05, 0) is 20.3 Å². The zero-order valence-electron chi connectivity index (χ0n) is 12.9. The van der Waals surface area contributed by atoms with Crippen LogP contribution in [0.4, 0.5) is 0 Å². The van der Waals surface area contributed by atoms with Crippen LogP contribution in [-0.2, 0) is 0 Å². The van der Waals surface area contributed by atoms with Gasteiger partial charge < -0.3 is 5.32 Å². The Labute approximate surface area is 123 Å². The first kappa shape index (κ1) is 16.3. The van der Waals surface area contributed by atoms with Gasteiger partial charge in [0.05, 0.1) is 23.3 Å². The number of hydrogen-bond acceptors (Lipinski definition) is 3. The molecular formula is C17H25N3. The van der Waals surface area contributed by atoms with Crippen molar-refractivity contribution >= 4 is 0 Å². The Kier molecular flexibility index (Phi) is 6.88. The van der Waals surface area contributed by atoms with Gasteiger partial charge in [0.2, 0.25) is 0 Å². The number of allylic oxidation sites excluding steroid dienone is 4. The van der Waals surface area contributed by atoms with E-state index in [1.54, 1.807) is 0 Å². The fourth-order valence-corrected chi connectivity index (χ4v) is 2.82. The lowest BCUT2D eigenvalue weighted by atomic mass is 9.83. The van der Waals surface area contributed by atoms with Crippen LogP contribution in [0.15, 0.2) is 22.5 Å². The smallest absolute Gasteiger partial charge is 0.0972 e. The summed E-state index contributed by atoms with van der Waals surface area (Å²) in [5.41, 5.74) is 3.28. The van der Waals surface area contributed by atoms with Crippen LogP contribution in [0.5, 0.6) is 0 Å². The lowest BCUT2D eigenvalue weighted by molar-refractivity contribution is 0.539. The fraction of sp³-hybridized carbons (Fsp3) is 0.647. The molecule has 0 aromatic carbocycles. The summed E-state index contributed by atoms with van der Waals surface area (Å²) in [5.74, 6) is -0.00238. The normalized spacial score (nSPS) is 15.8. The highest BCUT2D eigenvalue weighted by Gasteiger charge is 2.26. The fourth-order valence-electron chi connectivity index (χ4n) is 2.82. The average molecular weight is 271 g/mol. The molecule has 0 atom stereocenters. The van der Waals surface area contributed by atoms with Gasteiger partial charge in [0.1, 0.15) is 0 Å². The van der Waals surface area contributed by atoms with Gasteiger partial charge in [-0.15, -0.1) is 0 Å². The molecule has 3 nitrogen and oxygen atoms in total. The van der Waals surface area contributed by atoms with Crippen molar-refractivity contribution in [1.82, 2.24) is 5.32 Å². The van der Waals surface area contributed by atoms with E-state index in [9.17, 15) is 10.5 Å². The molecule has 0 saturated heterocycles. The van der Waals surface area contributed by atoms with Gasteiger partial charge in [-0.3, -0.25) is 0 Å². The number of nitriles is 2. The molecular weight excluding hydrogens is 246 g/mol. The van der Waals surface area contributed by atoms with Crippen molar-refractivity contribution < 1.29 is 0 Å². The van der Waals surface area contributed by atoms with Crippen molar-refractivity contribution in [2.24, 2.45) is 5.92 Å². The van der Waals surface area contributed by atoms with Crippen LogP contribution < -0.4 is 5.32 Å². The molecule has 1 N–H and O–H groups in total. The summed E-state index contributed by atoms with van der Waals surface area (Å²) in [6.07, 6.45) is 8.31. The molecule has 0 amide bonds. The summed E-state index contributed by atoms with van der Waals surface area (Å²) in [6, 6.07) is 4.56. The van der Waals surface area contributed by atoms with Gasteiger partial charge in [-0.1, -0.05) is 45.4 Å². The monoisotopic (exact) mass is 271 g/mol. The Hall–Kier alpha value is -1.74. The van der Waals surface area contributed by atoms with Crippen LogP contribution >= 0.6 is 0 Å². The molecule has 0 saturated carbocycles. The van der Waals surface area contributed by atoms with Crippen LogP contribution in [0, 0.1) is 28.6 Å². The molecule has 0 fully saturated rings. The van der Waals surface area contributed by atoms with Crippen molar-refractivity contribution in [2.75, 3.05) is 0 Å². The topological polar surface area (TPSA) is 59.6 Å². The number of unbranched alkanes of at least 4 members (excludes halogenated alkanes) is 5. The van der Waals surface area contributed by atoms with Gasteiger partial charge in [-0.25, -0.2) is 0 Å². The molecule has 3 heteroatoms. The maximum atomic E-state index is 9.32. The highest BCUT2D eigenvalue weighted by molar-refractivity contribution is 5.46. The van der Waals surface area contributed by atoms with Crippen LogP contribution in [0.3, 0.4) is 0 Å². The minimum Gasteiger partial charge on any atom is -0.361 e. The lowest BCUT2D eigenvalue weighted by Crippen LogP contribution is -2.24. The summed E-state index contributed by atoms with van der Waals surface area (Å²) in [6.45, 7) is 6.06. The van der Waals surface area contributed by atoms with E-state index in [1.807, 2.05) is 13.8 Å². The van der Waals surface area contributed by atoms with Gasteiger partial charge in [-0.2, -0.15) is 10.5 Å². The van der Waals surface area contributed by atoms with Crippen LogP contribution in [0.2, 0.25) is 0 Å².